The molecule has 3 nitrogen and oxygen atoms in total. The quantitative estimate of drug-likeness (QED) is 0.914. The number of fused-ring (bicyclic) bond motifs is 2. The Labute approximate surface area is 131 Å². The van der Waals surface area contributed by atoms with Crippen LogP contribution in [0.3, 0.4) is 0 Å². The van der Waals surface area contributed by atoms with Gasteiger partial charge in [-0.15, -0.1) is 0 Å². The van der Waals surface area contributed by atoms with Crippen molar-refractivity contribution in [1.82, 2.24) is 10.6 Å². The maximum atomic E-state index is 12.6. The van der Waals surface area contributed by atoms with E-state index in [0.29, 0.717) is 11.8 Å². The first-order chi connectivity index (χ1) is 10.6. The van der Waals surface area contributed by atoms with Gasteiger partial charge in [0.1, 0.15) is 0 Å². The highest BCUT2D eigenvalue weighted by Gasteiger charge is 2.57. The minimum atomic E-state index is -0.359. The minimum absolute atomic E-state index is 0.217. The standard InChI is InChI=1S/C19H22N2O/c1-19(2,21-18(22)17-14-10-20-11-15(14)17)16-9-5-7-12-6-3-4-8-13(12)16/h3-9,14-15,17,20H,10-11H2,1-2H3,(H,21,22)/t14-,15+,17?. The molecule has 2 fully saturated rings. The Kier molecular flexibility index (Phi) is 3.01. The lowest BCUT2D eigenvalue weighted by Gasteiger charge is -2.29. The molecule has 0 radical (unpaired) electrons. The monoisotopic (exact) mass is 294 g/mol. The molecule has 3 atom stereocenters. The van der Waals surface area contributed by atoms with Crippen molar-refractivity contribution >= 4 is 16.7 Å². The predicted molar refractivity (Wildman–Crippen MR) is 88.5 cm³/mol. The molecule has 0 aromatic heterocycles. The van der Waals surface area contributed by atoms with E-state index in [0.717, 1.165) is 13.1 Å². The number of carbonyl (C=O) groups is 1. The van der Waals surface area contributed by atoms with Crippen molar-refractivity contribution in [3.05, 3.63) is 48.0 Å². The van der Waals surface area contributed by atoms with E-state index in [2.05, 4.69) is 66.9 Å². The second-order valence-corrected chi connectivity index (χ2v) is 7.15. The first-order valence-corrected chi connectivity index (χ1v) is 8.09. The zero-order valence-electron chi connectivity index (χ0n) is 13.1. The summed E-state index contributed by atoms with van der Waals surface area (Å²) in [6.45, 7) is 6.20. The van der Waals surface area contributed by atoms with Crippen LogP contribution in [-0.2, 0) is 10.3 Å². The third-order valence-electron chi connectivity index (χ3n) is 5.29. The number of benzene rings is 2. The summed E-state index contributed by atoms with van der Waals surface area (Å²) in [6.07, 6.45) is 0. The van der Waals surface area contributed by atoms with Crippen LogP contribution in [0.5, 0.6) is 0 Å². The summed E-state index contributed by atoms with van der Waals surface area (Å²) in [7, 11) is 0. The highest BCUT2D eigenvalue weighted by molar-refractivity contribution is 5.88. The molecule has 1 aliphatic carbocycles. The number of piperidine rings is 1. The van der Waals surface area contributed by atoms with Crippen molar-refractivity contribution in [2.75, 3.05) is 13.1 Å². The van der Waals surface area contributed by atoms with E-state index in [1.54, 1.807) is 0 Å². The number of hydrogen-bond acceptors (Lipinski definition) is 2. The van der Waals surface area contributed by atoms with E-state index >= 15 is 0 Å². The maximum absolute atomic E-state index is 12.6. The molecule has 1 unspecified atom stereocenters. The van der Waals surface area contributed by atoms with Gasteiger partial charge in [0.25, 0.3) is 0 Å². The SMILES string of the molecule is CC(C)(NC(=O)C1[C@H]2CNC[C@@H]12)c1cccc2ccccc12. The third kappa shape index (κ3) is 2.12. The van der Waals surface area contributed by atoms with E-state index in [9.17, 15) is 4.79 Å². The molecule has 1 saturated heterocycles. The van der Waals surface area contributed by atoms with Gasteiger partial charge in [0.05, 0.1) is 5.54 Å². The van der Waals surface area contributed by atoms with Crippen molar-refractivity contribution in [2.45, 2.75) is 19.4 Å². The first kappa shape index (κ1) is 13.8. The number of nitrogens with one attached hydrogen (secondary N) is 2. The Morgan fingerprint density at radius 3 is 2.55 bits per heavy atom. The molecule has 1 amide bonds. The first-order valence-electron chi connectivity index (χ1n) is 8.09. The van der Waals surface area contributed by atoms with Gasteiger partial charge >= 0.3 is 0 Å². The average Bonchev–Trinajstić information content (AvgIpc) is 3.00. The lowest BCUT2D eigenvalue weighted by Crippen LogP contribution is -2.43. The molecular formula is C19H22N2O. The van der Waals surface area contributed by atoms with E-state index in [1.807, 2.05) is 0 Å². The molecule has 2 aliphatic rings. The van der Waals surface area contributed by atoms with Gasteiger partial charge < -0.3 is 10.6 Å². The van der Waals surface area contributed by atoms with Crippen molar-refractivity contribution in [3.63, 3.8) is 0 Å². The van der Waals surface area contributed by atoms with Gasteiger partial charge in [-0.2, -0.15) is 0 Å². The molecule has 1 heterocycles. The highest BCUT2D eigenvalue weighted by atomic mass is 16.2. The molecule has 1 saturated carbocycles. The number of carbonyl (C=O) groups excluding carboxylic acids is 1. The van der Waals surface area contributed by atoms with E-state index in [4.69, 9.17) is 0 Å². The van der Waals surface area contributed by atoms with Crippen molar-refractivity contribution in [2.24, 2.45) is 17.8 Å². The normalized spacial score (nSPS) is 26.7. The molecule has 114 valence electrons. The molecule has 0 bridgehead atoms. The van der Waals surface area contributed by atoms with Crippen LogP contribution in [0.25, 0.3) is 10.8 Å². The number of amides is 1. The molecular weight excluding hydrogens is 272 g/mol. The zero-order chi connectivity index (χ0) is 15.3. The van der Waals surface area contributed by atoms with Crippen LogP contribution in [0.2, 0.25) is 0 Å². The Bertz CT molecular complexity index is 722. The summed E-state index contributed by atoms with van der Waals surface area (Å²) in [6, 6.07) is 14.7. The average molecular weight is 294 g/mol. The Morgan fingerprint density at radius 1 is 1.09 bits per heavy atom. The fourth-order valence-corrected chi connectivity index (χ4v) is 4.04. The lowest BCUT2D eigenvalue weighted by molar-refractivity contribution is -0.124. The van der Waals surface area contributed by atoms with E-state index < -0.39 is 0 Å². The van der Waals surface area contributed by atoms with Crippen molar-refractivity contribution in [1.29, 1.82) is 0 Å². The largest absolute Gasteiger partial charge is 0.347 e. The van der Waals surface area contributed by atoms with Crippen LogP contribution in [0.15, 0.2) is 42.5 Å². The highest BCUT2D eigenvalue weighted by Crippen LogP contribution is 2.49. The second-order valence-electron chi connectivity index (χ2n) is 7.15. The van der Waals surface area contributed by atoms with Crippen LogP contribution >= 0.6 is 0 Å². The minimum Gasteiger partial charge on any atom is -0.347 e. The van der Waals surface area contributed by atoms with Crippen LogP contribution in [0, 0.1) is 17.8 Å². The van der Waals surface area contributed by atoms with Crippen LogP contribution in [-0.4, -0.2) is 19.0 Å². The molecule has 4 rings (SSSR count). The Balaban J connectivity index is 1.61. The van der Waals surface area contributed by atoms with Crippen molar-refractivity contribution < 1.29 is 4.79 Å². The molecule has 2 aromatic rings. The molecule has 22 heavy (non-hydrogen) atoms. The van der Waals surface area contributed by atoms with Crippen LogP contribution in [0.1, 0.15) is 19.4 Å². The zero-order valence-corrected chi connectivity index (χ0v) is 13.1. The smallest absolute Gasteiger partial charge is 0.224 e. The van der Waals surface area contributed by atoms with Gasteiger partial charge in [0.15, 0.2) is 0 Å². The molecule has 2 N–H and O–H groups in total. The molecule has 3 heteroatoms. The summed E-state index contributed by atoms with van der Waals surface area (Å²) in [5.74, 6) is 1.55. The number of hydrogen-bond donors (Lipinski definition) is 2. The van der Waals surface area contributed by atoms with Gasteiger partial charge in [-0.05, 0) is 55.1 Å². The summed E-state index contributed by atoms with van der Waals surface area (Å²) in [5.41, 5.74) is 0.824. The fraction of sp³-hybridized carbons (Fsp3) is 0.421. The van der Waals surface area contributed by atoms with Crippen molar-refractivity contribution in [3.8, 4) is 0 Å². The lowest BCUT2D eigenvalue weighted by atomic mass is 9.89. The number of rotatable bonds is 3. The molecule has 2 aromatic carbocycles. The van der Waals surface area contributed by atoms with Gasteiger partial charge in [-0.1, -0.05) is 42.5 Å². The van der Waals surface area contributed by atoms with E-state index in [-0.39, 0.29) is 17.4 Å². The summed E-state index contributed by atoms with van der Waals surface area (Å²) >= 11 is 0. The molecule has 0 spiro atoms. The van der Waals surface area contributed by atoms with Gasteiger partial charge in [-0.25, -0.2) is 0 Å². The predicted octanol–water partition coefficient (Wildman–Crippen LogP) is 2.66. The fourth-order valence-electron chi connectivity index (χ4n) is 4.04. The third-order valence-corrected chi connectivity index (χ3v) is 5.29. The molecule has 1 aliphatic heterocycles. The van der Waals surface area contributed by atoms with Crippen LogP contribution in [0.4, 0.5) is 0 Å². The summed E-state index contributed by atoms with van der Waals surface area (Å²) < 4.78 is 0. The maximum Gasteiger partial charge on any atom is 0.224 e. The van der Waals surface area contributed by atoms with Crippen LogP contribution < -0.4 is 10.6 Å². The van der Waals surface area contributed by atoms with E-state index in [1.165, 1.54) is 16.3 Å². The van der Waals surface area contributed by atoms with Gasteiger partial charge in [0, 0.05) is 5.92 Å². The Hall–Kier alpha value is -1.87. The second kappa shape index (κ2) is 4.82. The Morgan fingerprint density at radius 2 is 1.77 bits per heavy atom. The van der Waals surface area contributed by atoms with Gasteiger partial charge in [0.2, 0.25) is 5.91 Å². The summed E-state index contributed by atoms with van der Waals surface area (Å²) in [5, 5.41) is 9.07. The topological polar surface area (TPSA) is 41.1 Å². The summed E-state index contributed by atoms with van der Waals surface area (Å²) in [4.78, 5) is 12.6. The van der Waals surface area contributed by atoms with Gasteiger partial charge in [-0.3, -0.25) is 4.79 Å².